The fourth-order valence-electron chi connectivity index (χ4n) is 1.82. The van der Waals surface area contributed by atoms with Gasteiger partial charge in [-0.2, -0.15) is 13.2 Å². The van der Waals surface area contributed by atoms with Gasteiger partial charge in [-0.1, -0.05) is 23.7 Å². The number of carbonyl (C=O) groups excluding carboxylic acids is 1. The molecule has 2 aromatic carbocycles. The number of methoxy groups -OCH3 is 1. The molecule has 0 aliphatic heterocycles. The first-order chi connectivity index (χ1) is 9.82. The molecule has 0 radical (unpaired) electrons. The first-order valence-corrected chi connectivity index (χ1v) is 6.26. The summed E-state index contributed by atoms with van der Waals surface area (Å²) in [6.45, 7) is 0. The van der Waals surface area contributed by atoms with Gasteiger partial charge in [0.1, 0.15) is 5.75 Å². The molecule has 0 heterocycles. The Bertz CT molecular complexity index is 664. The third kappa shape index (κ3) is 3.36. The van der Waals surface area contributed by atoms with Crippen molar-refractivity contribution in [3.05, 3.63) is 64.2 Å². The molecule has 110 valence electrons. The van der Waals surface area contributed by atoms with E-state index in [0.29, 0.717) is 10.8 Å². The summed E-state index contributed by atoms with van der Waals surface area (Å²) < 4.78 is 42.5. The van der Waals surface area contributed by atoms with Gasteiger partial charge in [-0.25, -0.2) is 0 Å². The van der Waals surface area contributed by atoms with Crippen LogP contribution in [0.25, 0.3) is 0 Å². The molecule has 0 spiro atoms. The molecule has 0 atom stereocenters. The quantitative estimate of drug-likeness (QED) is 0.774. The number of hydrogen-bond donors (Lipinski definition) is 0. The van der Waals surface area contributed by atoms with Crippen LogP contribution in [0.2, 0.25) is 5.02 Å². The highest BCUT2D eigenvalue weighted by Gasteiger charge is 2.30. The van der Waals surface area contributed by atoms with Gasteiger partial charge in [-0.15, -0.1) is 0 Å². The lowest BCUT2D eigenvalue weighted by molar-refractivity contribution is -0.137. The molecule has 0 bridgehead atoms. The molecule has 0 aliphatic carbocycles. The average Bonchev–Trinajstić information content (AvgIpc) is 2.45. The first-order valence-electron chi connectivity index (χ1n) is 5.88. The summed E-state index contributed by atoms with van der Waals surface area (Å²) in [5.41, 5.74) is -0.481. The molecule has 0 aromatic heterocycles. The predicted molar refractivity (Wildman–Crippen MR) is 72.9 cm³/mol. The van der Waals surface area contributed by atoms with E-state index in [9.17, 15) is 18.0 Å². The zero-order valence-electron chi connectivity index (χ0n) is 10.9. The second-order valence-electron chi connectivity index (χ2n) is 4.25. The van der Waals surface area contributed by atoms with Crippen molar-refractivity contribution in [1.29, 1.82) is 0 Å². The van der Waals surface area contributed by atoms with Crippen molar-refractivity contribution in [2.75, 3.05) is 7.11 Å². The summed E-state index contributed by atoms with van der Waals surface area (Å²) in [5.74, 6) is -0.146. The van der Waals surface area contributed by atoms with Crippen LogP contribution in [-0.2, 0) is 6.18 Å². The highest BCUT2D eigenvalue weighted by Crippen LogP contribution is 2.30. The van der Waals surface area contributed by atoms with Gasteiger partial charge in [-0.05, 0) is 30.3 Å². The van der Waals surface area contributed by atoms with Crippen LogP contribution in [0.1, 0.15) is 21.5 Å². The molecule has 2 rings (SSSR count). The van der Waals surface area contributed by atoms with Crippen LogP contribution in [0.5, 0.6) is 5.75 Å². The molecule has 0 amide bonds. The van der Waals surface area contributed by atoms with Crippen molar-refractivity contribution in [2.24, 2.45) is 0 Å². The lowest BCUT2D eigenvalue weighted by atomic mass is 10.0. The van der Waals surface area contributed by atoms with Crippen molar-refractivity contribution in [3.63, 3.8) is 0 Å². The standard InChI is InChI=1S/C15H10ClF3O2/c1-21-13-7-6-11(16)8-12(13)14(20)9-2-4-10(5-3-9)15(17,18)19/h2-8H,1H3. The fraction of sp³-hybridized carbons (Fsp3) is 0.133. The summed E-state index contributed by atoms with van der Waals surface area (Å²) >= 11 is 5.83. The van der Waals surface area contributed by atoms with Gasteiger partial charge in [0.05, 0.1) is 18.2 Å². The monoisotopic (exact) mass is 314 g/mol. The third-order valence-electron chi connectivity index (χ3n) is 2.88. The van der Waals surface area contributed by atoms with Crippen LogP contribution in [0, 0.1) is 0 Å². The maximum atomic E-state index is 12.5. The van der Waals surface area contributed by atoms with Gasteiger partial charge in [0.2, 0.25) is 0 Å². The SMILES string of the molecule is COc1ccc(Cl)cc1C(=O)c1ccc(C(F)(F)F)cc1. The molecule has 0 unspecified atom stereocenters. The van der Waals surface area contributed by atoms with E-state index in [2.05, 4.69) is 0 Å². The Morgan fingerprint density at radius 3 is 2.24 bits per heavy atom. The third-order valence-corrected chi connectivity index (χ3v) is 3.12. The number of alkyl halides is 3. The average molecular weight is 315 g/mol. The molecule has 0 aliphatic rings. The van der Waals surface area contributed by atoms with Crippen LogP contribution >= 0.6 is 11.6 Å². The molecule has 2 nitrogen and oxygen atoms in total. The number of ketones is 1. The zero-order chi connectivity index (χ0) is 15.6. The summed E-state index contributed by atoms with van der Waals surface area (Å²) in [6, 6.07) is 8.50. The molecular weight excluding hydrogens is 305 g/mol. The molecule has 0 saturated carbocycles. The Hall–Kier alpha value is -2.01. The van der Waals surface area contributed by atoms with Crippen molar-refractivity contribution in [3.8, 4) is 5.75 Å². The second kappa shape index (κ2) is 5.77. The van der Waals surface area contributed by atoms with E-state index in [1.165, 1.54) is 19.2 Å². The molecule has 2 aromatic rings. The Labute approximate surface area is 124 Å². The minimum Gasteiger partial charge on any atom is -0.496 e. The van der Waals surface area contributed by atoms with Crippen molar-refractivity contribution in [1.82, 2.24) is 0 Å². The lowest BCUT2D eigenvalue weighted by Crippen LogP contribution is -2.07. The Morgan fingerprint density at radius 2 is 1.71 bits per heavy atom. The Kier molecular flexibility index (Phi) is 4.23. The van der Waals surface area contributed by atoms with E-state index in [1.807, 2.05) is 0 Å². The zero-order valence-corrected chi connectivity index (χ0v) is 11.6. The Balaban J connectivity index is 2.39. The van der Waals surface area contributed by atoms with Crippen molar-refractivity contribution in [2.45, 2.75) is 6.18 Å². The van der Waals surface area contributed by atoms with Crippen LogP contribution in [0.15, 0.2) is 42.5 Å². The fourth-order valence-corrected chi connectivity index (χ4v) is 2.00. The molecule has 0 fully saturated rings. The van der Waals surface area contributed by atoms with Crippen LogP contribution in [0.4, 0.5) is 13.2 Å². The second-order valence-corrected chi connectivity index (χ2v) is 4.69. The van der Waals surface area contributed by atoms with Gasteiger partial charge in [0, 0.05) is 10.6 Å². The molecule has 0 N–H and O–H groups in total. The van der Waals surface area contributed by atoms with E-state index in [1.54, 1.807) is 6.07 Å². The smallest absolute Gasteiger partial charge is 0.416 e. The molecule has 21 heavy (non-hydrogen) atoms. The normalized spacial score (nSPS) is 11.3. The summed E-state index contributed by atoms with van der Waals surface area (Å²) in [4.78, 5) is 12.3. The highest BCUT2D eigenvalue weighted by atomic mass is 35.5. The van der Waals surface area contributed by atoms with Crippen LogP contribution in [-0.4, -0.2) is 12.9 Å². The van der Waals surface area contributed by atoms with Crippen LogP contribution < -0.4 is 4.74 Å². The number of halogens is 4. The minimum absolute atomic E-state index is 0.128. The highest BCUT2D eigenvalue weighted by molar-refractivity contribution is 6.31. The first kappa shape index (κ1) is 15.4. The summed E-state index contributed by atoms with van der Waals surface area (Å²) in [5, 5.41) is 0.339. The van der Waals surface area contributed by atoms with Gasteiger partial charge in [0.15, 0.2) is 5.78 Å². The topological polar surface area (TPSA) is 26.3 Å². The van der Waals surface area contributed by atoms with E-state index < -0.39 is 17.5 Å². The minimum atomic E-state index is -4.44. The van der Waals surface area contributed by atoms with Crippen molar-refractivity contribution >= 4 is 17.4 Å². The van der Waals surface area contributed by atoms with E-state index in [-0.39, 0.29) is 11.1 Å². The van der Waals surface area contributed by atoms with Gasteiger partial charge >= 0.3 is 6.18 Å². The number of hydrogen-bond acceptors (Lipinski definition) is 2. The van der Waals surface area contributed by atoms with Gasteiger partial charge in [0.25, 0.3) is 0 Å². The largest absolute Gasteiger partial charge is 0.496 e. The number of rotatable bonds is 3. The summed E-state index contributed by atoms with van der Waals surface area (Å²) in [6.07, 6.45) is -4.44. The van der Waals surface area contributed by atoms with E-state index in [4.69, 9.17) is 16.3 Å². The molecule has 6 heteroatoms. The number of carbonyl (C=O) groups is 1. The molecular formula is C15H10ClF3O2. The van der Waals surface area contributed by atoms with Crippen LogP contribution in [0.3, 0.4) is 0 Å². The summed E-state index contributed by atoms with van der Waals surface area (Å²) in [7, 11) is 1.40. The molecule has 0 saturated heterocycles. The van der Waals surface area contributed by atoms with E-state index >= 15 is 0 Å². The number of benzene rings is 2. The van der Waals surface area contributed by atoms with Gasteiger partial charge in [-0.3, -0.25) is 4.79 Å². The Morgan fingerprint density at radius 1 is 1.10 bits per heavy atom. The van der Waals surface area contributed by atoms with Gasteiger partial charge < -0.3 is 4.74 Å². The van der Waals surface area contributed by atoms with E-state index in [0.717, 1.165) is 24.3 Å². The lowest BCUT2D eigenvalue weighted by Gasteiger charge is -2.10. The predicted octanol–water partition coefficient (Wildman–Crippen LogP) is 4.60. The van der Waals surface area contributed by atoms with Crippen molar-refractivity contribution < 1.29 is 22.7 Å². The number of ether oxygens (including phenoxy) is 1. The maximum absolute atomic E-state index is 12.5. The maximum Gasteiger partial charge on any atom is 0.416 e.